The Morgan fingerprint density at radius 3 is 2.91 bits per heavy atom. The Morgan fingerprint density at radius 1 is 1.27 bits per heavy atom. The topological polar surface area (TPSA) is 56.0 Å². The first-order valence-electron chi connectivity index (χ1n) is 3.28. The molecule has 0 bridgehead atoms. The summed E-state index contributed by atoms with van der Waals surface area (Å²) in [7, 11) is 0. The van der Waals surface area contributed by atoms with Gasteiger partial charge in [0.1, 0.15) is 6.33 Å². The van der Waals surface area contributed by atoms with Crippen LogP contribution in [0, 0.1) is 13.8 Å². The van der Waals surface area contributed by atoms with Crippen LogP contribution in [0.1, 0.15) is 11.4 Å². The second-order valence-electron chi connectivity index (χ2n) is 2.34. The summed E-state index contributed by atoms with van der Waals surface area (Å²) < 4.78 is 1.67. The zero-order chi connectivity index (χ0) is 7.84. The van der Waals surface area contributed by atoms with E-state index in [1.54, 1.807) is 4.52 Å². The predicted octanol–water partition coefficient (Wildman–Crippen LogP) is 0.136. The van der Waals surface area contributed by atoms with E-state index in [0.29, 0.717) is 5.78 Å². The smallest absolute Gasteiger partial charge is 0.199 e. The zero-order valence-corrected chi connectivity index (χ0v) is 6.31. The molecule has 0 aliphatic carbocycles. The van der Waals surface area contributed by atoms with Gasteiger partial charge in [0.2, 0.25) is 0 Å². The molecule has 0 saturated carbocycles. The lowest BCUT2D eigenvalue weighted by atomic mass is 10.4. The van der Waals surface area contributed by atoms with Crippen molar-refractivity contribution in [1.82, 2.24) is 24.8 Å². The SMILES string of the molecule is Cc1nnc2ncnn2c1C. The summed E-state index contributed by atoms with van der Waals surface area (Å²) in [6.07, 6.45) is 1.47. The Balaban J connectivity index is 2.93. The lowest BCUT2D eigenvalue weighted by molar-refractivity contribution is 0.821. The van der Waals surface area contributed by atoms with Crippen molar-refractivity contribution in [3.05, 3.63) is 17.7 Å². The Morgan fingerprint density at radius 2 is 2.09 bits per heavy atom. The molecule has 0 atom stereocenters. The summed E-state index contributed by atoms with van der Waals surface area (Å²) >= 11 is 0. The van der Waals surface area contributed by atoms with Gasteiger partial charge in [0.25, 0.3) is 5.78 Å². The molecular formula is C6H7N5. The minimum Gasteiger partial charge on any atom is -0.199 e. The van der Waals surface area contributed by atoms with Crippen LogP contribution in [0.4, 0.5) is 0 Å². The van der Waals surface area contributed by atoms with Gasteiger partial charge in [-0.05, 0) is 13.8 Å². The van der Waals surface area contributed by atoms with E-state index in [4.69, 9.17) is 0 Å². The fourth-order valence-corrected chi connectivity index (χ4v) is 0.886. The summed E-state index contributed by atoms with van der Waals surface area (Å²) in [5.41, 5.74) is 1.86. The van der Waals surface area contributed by atoms with Crippen molar-refractivity contribution in [1.29, 1.82) is 0 Å². The van der Waals surface area contributed by atoms with Crippen molar-refractivity contribution in [2.24, 2.45) is 0 Å². The number of aryl methyl sites for hydroxylation is 2. The maximum Gasteiger partial charge on any atom is 0.271 e. The van der Waals surface area contributed by atoms with Gasteiger partial charge >= 0.3 is 0 Å². The first-order valence-corrected chi connectivity index (χ1v) is 3.28. The number of rotatable bonds is 0. The number of hydrogen-bond donors (Lipinski definition) is 0. The first-order chi connectivity index (χ1) is 5.29. The Labute approximate surface area is 63.1 Å². The molecule has 5 nitrogen and oxygen atoms in total. The van der Waals surface area contributed by atoms with Crippen LogP contribution >= 0.6 is 0 Å². The van der Waals surface area contributed by atoms with Crippen molar-refractivity contribution in [2.45, 2.75) is 13.8 Å². The van der Waals surface area contributed by atoms with Crippen LogP contribution in [-0.4, -0.2) is 24.8 Å². The average molecular weight is 149 g/mol. The summed E-state index contributed by atoms with van der Waals surface area (Å²) in [6.45, 7) is 3.83. The number of nitrogens with zero attached hydrogens (tertiary/aromatic N) is 5. The molecule has 0 radical (unpaired) electrons. The normalized spacial score (nSPS) is 10.7. The highest BCUT2D eigenvalue weighted by Crippen LogP contribution is 2.00. The third kappa shape index (κ3) is 0.772. The van der Waals surface area contributed by atoms with Crippen LogP contribution in [0.5, 0.6) is 0 Å². The molecule has 0 unspecified atom stereocenters. The van der Waals surface area contributed by atoms with E-state index >= 15 is 0 Å². The molecule has 0 aromatic carbocycles. The molecule has 0 N–H and O–H groups in total. The van der Waals surface area contributed by atoms with E-state index in [0.717, 1.165) is 11.4 Å². The lowest BCUT2D eigenvalue weighted by Crippen LogP contribution is -2.01. The lowest BCUT2D eigenvalue weighted by Gasteiger charge is -1.97. The number of fused-ring (bicyclic) bond motifs is 1. The van der Waals surface area contributed by atoms with Gasteiger partial charge in [-0.25, -0.2) is 0 Å². The molecule has 0 spiro atoms. The molecule has 0 saturated heterocycles. The van der Waals surface area contributed by atoms with Gasteiger partial charge in [0.05, 0.1) is 11.4 Å². The van der Waals surface area contributed by atoms with Crippen molar-refractivity contribution >= 4 is 5.78 Å². The van der Waals surface area contributed by atoms with Gasteiger partial charge in [-0.3, -0.25) is 0 Å². The van der Waals surface area contributed by atoms with E-state index in [9.17, 15) is 0 Å². The molecule has 11 heavy (non-hydrogen) atoms. The van der Waals surface area contributed by atoms with Gasteiger partial charge < -0.3 is 0 Å². The standard InChI is InChI=1S/C6H7N5/c1-4-5(2)11-6(10-9-4)7-3-8-11/h3H,1-2H3. The van der Waals surface area contributed by atoms with Crippen LogP contribution in [0.25, 0.3) is 5.78 Å². The largest absolute Gasteiger partial charge is 0.271 e. The Bertz CT molecular complexity index is 391. The average Bonchev–Trinajstić information content (AvgIpc) is 2.45. The maximum absolute atomic E-state index is 3.98. The highest BCUT2D eigenvalue weighted by molar-refractivity contribution is 5.25. The predicted molar refractivity (Wildman–Crippen MR) is 38.1 cm³/mol. The van der Waals surface area contributed by atoms with E-state index < -0.39 is 0 Å². The van der Waals surface area contributed by atoms with Crippen LogP contribution in [0.2, 0.25) is 0 Å². The quantitative estimate of drug-likeness (QED) is 0.534. The second kappa shape index (κ2) is 1.98. The first kappa shape index (κ1) is 6.21. The highest BCUT2D eigenvalue weighted by Gasteiger charge is 2.02. The summed E-state index contributed by atoms with van der Waals surface area (Å²) in [5.74, 6) is 0.549. The molecule has 2 rings (SSSR count). The fraction of sp³-hybridized carbons (Fsp3) is 0.333. The van der Waals surface area contributed by atoms with Crippen LogP contribution in [0.3, 0.4) is 0 Å². The van der Waals surface area contributed by atoms with Crippen LogP contribution < -0.4 is 0 Å². The molecule has 2 heterocycles. The van der Waals surface area contributed by atoms with Crippen LogP contribution in [0.15, 0.2) is 6.33 Å². The fourth-order valence-electron chi connectivity index (χ4n) is 0.886. The Kier molecular flexibility index (Phi) is 1.12. The summed E-state index contributed by atoms with van der Waals surface area (Å²) in [4.78, 5) is 3.90. The van der Waals surface area contributed by atoms with Gasteiger partial charge in [-0.2, -0.15) is 19.7 Å². The van der Waals surface area contributed by atoms with E-state index in [-0.39, 0.29) is 0 Å². The third-order valence-corrected chi connectivity index (χ3v) is 1.66. The minimum absolute atomic E-state index is 0.549. The number of aromatic nitrogens is 5. The molecule has 0 aliphatic rings. The zero-order valence-electron chi connectivity index (χ0n) is 6.31. The molecular weight excluding hydrogens is 142 g/mol. The minimum atomic E-state index is 0.549. The van der Waals surface area contributed by atoms with Gasteiger partial charge in [-0.15, -0.1) is 5.10 Å². The van der Waals surface area contributed by atoms with Gasteiger partial charge in [0, 0.05) is 0 Å². The van der Waals surface area contributed by atoms with Gasteiger partial charge in [0.15, 0.2) is 0 Å². The van der Waals surface area contributed by atoms with Gasteiger partial charge in [-0.1, -0.05) is 0 Å². The summed E-state index contributed by atoms with van der Waals surface area (Å²) in [5, 5.41) is 11.7. The van der Waals surface area contributed by atoms with E-state index in [1.807, 2.05) is 13.8 Å². The molecule has 2 aromatic rings. The van der Waals surface area contributed by atoms with Crippen molar-refractivity contribution in [2.75, 3.05) is 0 Å². The molecule has 56 valence electrons. The van der Waals surface area contributed by atoms with E-state index in [2.05, 4.69) is 20.3 Å². The van der Waals surface area contributed by atoms with E-state index in [1.165, 1.54) is 6.33 Å². The maximum atomic E-state index is 3.98. The third-order valence-electron chi connectivity index (χ3n) is 1.66. The molecule has 0 aliphatic heterocycles. The second-order valence-corrected chi connectivity index (χ2v) is 2.34. The molecule has 0 fully saturated rings. The van der Waals surface area contributed by atoms with Crippen molar-refractivity contribution < 1.29 is 0 Å². The highest BCUT2D eigenvalue weighted by atomic mass is 15.4. The van der Waals surface area contributed by atoms with Crippen LogP contribution in [-0.2, 0) is 0 Å². The number of hydrogen-bond acceptors (Lipinski definition) is 4. The summed E-state index contributed by atoms with van der Waals surface area (Å²) in [6, 6.07) is 0. The molecule has 5 heteroatoms. The van der Waals surface area contributed by atoms with Crippen molar-refractivity contribution in [3.63, 3.8) is 0 Å². The monoisotopic (exact) mass is 149 g/mol. The molecule has 2 aromatic heterocycles. The molecule has 0 amide bonds. The Hall–Kier alpha value is -1.52. The van der Waals surface area contributed by atoms with Crippen molar-refractivity contribution in [3.8, 4) is 0 Å².